The largest absolute Gasteiger partial charge is 0.357 e. The van der Waals surface area contributed by atoms with Crippen LogP contribution in [0.4, 0.5) is 0 Å². The van der Waals surface area contributed by atoms with E-state index in [4.69, 9.17) is 23.2 Å². The van der Waals surface area contributed by atoms with Crippen LogP contribution in [0.5, 0.6) is 0 Å². The zero-order valence-electron chi connectivity index (χ0n) is 14.8. The third-order valence-electron chi connectivity index (χ3n) is 4.20. The summed E-state index contributed by atoms with van der Waals surface area (Å²) in [7, 11) is 1.57. The number of rotatable bonds is 7. The van der Waals surface area contributed by atoms with E-state index in [-0.39, 0.29) is 24.8 Å². The molecule has 2 aromatic rings. The highest BCUT2D eigenvalue weighted by Crippen LogP contribution is 2.21. The van der Waals surface area contributed by atoms with Gasteiger partial charge in [0.25, 0.3) is 0 Å². The van der Waals surface area contributed by atoms with Crippen molar-refractivity contribution in [2.24, 2.45) is 0 Å². The third kappa shape index (κ3) is 5.23. The average Bonchev–Trinajstić information content (AvgIpc) is 2.64. The third-order valence-corrected chi connectivity index (χ3v) is 4.82. The molecule has 2 amide bonds. The zero-order valence-corrected chi connectivity index (χ0v) is 16.3. The van der Waals surface area contributed by atoms with Gasteiger partial charge in [-0.3, -0.25) is 9.59 Å². The van der Waals surface area contributed by atoms with Gasteiger partial charge in [0, 0.05) is 23.6 Å². The molecule has 1 N–H and O–H groups in total. The average molecular weight is 393 g/mol. The molecule has 0 saturated carbocycles. The molecule has 0 saturated heterocycles. The van der Waals surface area contributed by atoms with E-state index in [0.29, 0.717) is 16.5 Å². The van der Waals surface area contributed by atoms with Gasteiger partial charge >= 0.3 is 0 Å². The van der Waals surface area contributed by atoms with Crippen molar-refractivity contribution in [1.29, 1.82) is 0 Å². The Bertz CT molecular complexity index is 763. The summed E-state index contributed by atoms with van der Waals surface area (Å²) in [6.45, 7) is 2.16. The molecule has 138 valence electrons. The number of likely N-dealkylation sites (N-methyl/N-ethyl adjacent to an activating group) is 1. The van der Waals surface area contributed by atoms with Gasteiger partial charge in [0.15, 0.2) is 0 Å². The predicted molar refractivity (Wildman–Crippen MR) is 105 cm³/mol. The second-order valence-corrected chi connectivity index (χ2v) is 6.80. The quantitative estimate of drug-likeness (QED) is 0.771. The van der Waals surface area contributed by atoms with Crippen LogP contribution in [0.15, 0.2) is 48.5 Å². The van der Waals surface area contributed by atoms with Gasteiger partial charge in [0.1, 0.15) is 6.04 Å². The normalized spacial score (nSPS) is 11.7. The first-order chi connectivity index (χ1) is 12.5. The summed E-state index contributed by atoms with van der Waals surface area (Å²) >= 11 is 12.2. The molecular weight excluding hydrogens is 371 g/mol. The molecule has 26 heavy (non-hydrogen) atoms. The van der Waals surface area contributed by atoms with Gasteiger partial charge in [-0.05, 0) is 35.7 Å². The highest BCUT2D eigenvalue weighted by Gasteiger charge is 2.28. The molecule has 4 nitrogen and oxygen atoms in total. The van der Waals surface area contributed by atoms with Crippen molar-refractivity contribution >= 4 is 35.0 Å². The van der Waals surface area contributed by atoms with Crippen molar-refractivity contribution in [3.05, 3.63) is 69.7 Å². The van der Waals surface area contributed by atoms with Crippen LogP contribution in [-0.4, -0.2) is 29.8 Å². The topological polar surface area (TPSA) is 49.4 Å². The first kappa shape index (κ1) is 20.3. The Kier molecular flexibility index (Phi) is 7.49. The van der Waals surface area contributed by atoms with Crippen molar-refractivity contribution in [2.45, 2.75) is 32.4 Å². The molecule has 0 aliphatic heterocycles. The molecule has 2 aromatic carbocycles. The number of nitrogens with one attached hydrogen (secondary N) is 1. The zero-order chi connectivity index (χ0) is 19.1. The molecule has 0 aromatic heterocycles. The van der Waals surface area contributed by atoms with Crippen LogP contribution in [0.1, 0.15) is 24.5 Å². The fourth-order valence-electron chi connectivity index (χ4n) is 2.77. The first-order valence-corrected chi connectivity index (χ1v) is 9.20. The number of benzene rings is 2. The second kappa shape index (κ2) is 9.60. The molecule has 0 bridgehead atoms. The minimum absolute atomic E-state index is 0.136. The van der Waals surface area contributed by atoms with Crippen molar-refractivity contribution in [2.75, 3.05) is 7.05 Å². The summed E-state index contributed by atoms with van der Waals surface area (Å²) in [5.74, 6) is -0.327. The monoisotopic (exact) mass is 392 g/mol. The fraction of sp³-hybridized carbons (Fsp3) is 0.300. The van der Waals surface area contributed by atoms with E-state index in [1.54, 1.807) is 30.1 Å². The standard InChI is InChI=1S/C20H22Cl2N2O2/c1-3-18(20(26)23-2)24(13-15-6-4-5-7-17(15)22)19(25)12-14-8-10-16(21)11-9-14/h4-11,18H,3,12-13H2,1-2H3,(H,23,26)/t18-/m0/s1. The highest BCUT2D eigenvalue weighted by molar-refractivity contribution is 6.31. The summed E-state index contributed by atoms with van der Waals surface area (Å²) in [5.41, 5.74) is 1.65. The van der Waals surface area contributed by atoms with Crippen LogP contribution in [0.25, 0.3) is 0 Å². The molecule has 1 atom stereocenters. The van der Waals surface area contributed by atoms with Crippen molar-refractivity contribution in [3.63, 3.8) is 0 Å². The number of carbonyl (C=O) groups excluding carboxylic acids is 2. The number of halogens is 2. The Hall–Kier alpha value is -2.04. The van der Waals surface area contributed by atoms with Gasteiger partial charge in [-0.25, -0.2) is 0 Å². The van der Waals surface area contributed by atoms with E-state index in [1.165, 1.54) is 0 Å². The molecule has 0 fully saturated rings. The lowest BCUT2D eigenvalue weighted by Crippen LogP contribution is -2.48. The molecule has 6 heteroatoms. The van der Waals surface area contributed by atoms with Gasteiger partial charge in [0.05, 0.1) is 6.42 Å². The molecular formula is C20H22Cl2N2O2. The van der Waals surface area contributed by atoms with E-state index >= 15 is 0 Å². The van der Waals surface area contributed by atoms with E-state index in [2.05, 4.69) is 5.32 Å². The molecule has 0 unspecified atom stereocenters. The number of hydrogen-bond acceptors (Lipinski definition) is 2. The number of carbonyl (C=O) groups is 2. The highest BCUT2D eigenvalue weighted by atomic mass is 35.5. The van der Waals surface area contributed by atoms with E-state index < -0.39 is 6.04 Å². The maximum atomic E-state index is 13.0. The Labute approximate surface area is 164 Å². The Morgan fingerprint density at radius 2 is 1.73 bits per heavy atom. The summed E-state index contributed by atoms with van der Waals surface area (Å²) in [6, 6.07) is 13.9. The molecule has 0 aliphatic carbocycles. The van der Waals surface area contributed by atoms with Gasteiger partial charge < -0.3 is 10.2 Å². The van der Waals surface area contributed by atoms with Crippen LogP contribution in [0, 0.1) is 0 Å². The number of hydrogen-bond donors (Lipinski definition) is 1. The van der Waals surface area contributed by atoms with Crippen LogP contribution in [0.3, 0.4) is 0 Å². The van der Waals surface area contributed by atoms with Gasteiger partial charge in [0.2, 0.25) is 11.8 Å². The lowest BCUT2D eigenvalue weighted by atomic mass is 10.1. The van der Waals surface area contributed by atoms with Gasteiger partial charge in [-0.1, -0.05) is 60.5 Å². The van der Waals surface area contributed by atoms with Crippen LogP contribution < -0.4 is 5.32 Å². The van der Waals surface area contributed by atoms with Gasteiger partial charge in [-0.2, -0.15) is 0 Å². The lowest BCUT2D eigenvalue weighted by molar-refractivity contribution is -0.140. The summed E-state index contributed by atoms with van der Waals surface area (Å²) in [4.78, 5) is 26.9. The second-order valence-electron chi connectivity index (χ2n) is 5.95. The molecule has 2 rings (SSSR count). The lowest BCUT2D eigenvalue weighted by Gasteiger charge is -2.30. The van der Waals surface area contributed by atoms with Crippen LogP contribution in [-0.2, 0) is 22.6 Å². The predicted octanol–water partition coefficient (Wildman–Crippen LogP) is 4.09. The van der Waals surface area contributed by atoms with E-state index in [9.17, 15) is 9.59 Å². The minimum Gasteiger partial charge on any atom is -0.357 e. The molecule has 0 aliphatic rings. The summed E-state index contributed by atoms with van der Waals surface area (Å²) in [6.07, 6.45) is 0.700. The number of amides is 2. The number of nitrogens with zero attached hydrogens (tertiary/aromatic N) is 1. The molecule has 0 spiro atoms. The van der Waals surface area contributed by atoms with Crippen molar-refractivity contribution in [3.8, 4) is 0 Å². The smallest absolute Gasteiger partial charge is 0.242 e. The Morgan fingerprint density at radius 3 is 2.31 bits per heavy atom. The first-order valence-electron chi connectivity index (χ1n) is 8.45. The summed E-state index contributed by atoms with van der Waals surface area (Å²) in [5, 5.41) is 3.83. The van der Waals surface area contributed by atoms with Crippen molar-refractivity contribution < 1.29 is 9.59 Å². The summed E-state index contributed by atoms with van der Waals surface area (Å²) < 4.78 is 0. The fourth-order valence-corrected chi connectivity index (χ4v) is 3.10. The SMILES string of the molecule is CC[C@@H](C(=O)NC)N(Cc1ccccc1Cl)C(=O)Cc1ccc(Cl)cc1. The van der Waals surface area contributed by atoms with E-state index in [1.807, 2.05) is 37.3 Å². The Morgan fingerprint density at radius 1 is 1.08 bits per heavy atom. The van der Waals surface area contributed by atoms with E-state index in [0.717, 1.165) is 11.1 Å². The minimum atomic E-state index is -0.559. The maximum Gasteiger partial charge on any atom is 0.242 e. The molecule has 0 heterocycles. The van der Waals surface area contributed by atoms with Crippen LogP contribution >= 0.6 is 23.2 Å². The van der Waals surface area contributed by atoms with Gasteiger partial charge in [-0.15, -0.1) is 0 Å². The van der Waals surface area contributed by atoms with Crippen molar-refractivity contribution in [1.82, 2.24) is 10.2 Å². The van der Waals surface area contributed by atoms with Crippen LogP contribution in [0.2, 0.25) is 10.0 Å². The molecule has 0 radical (unpaired) electrons. The Balaban J connectivity index is 2.29. The maximum absolute atomic E-state index is 13.0.